The molecule has 0 radical (unpaired) electrons. The number of H-pyrrole nitrogens is 1. The fourth-order valence-corrected chi connectivity index (χ4v) is 2.90. The van der Waals surface area contributed by atoms with E-state index in [-0.39, 0.29) is 0 Å². The van der Waals surface area contributed by atoms with Crippen molar-refractivity contribution in [2.45, 2.75) is 5.16 Å². The molecule has 0 aliphatic heterocycles. The molecule has 2 aromatic rings. The fourth-order valence-electron chi connectivity index (χ4n) is 1.14. The summed E-state index contributed by atoms with van der Waals surface area (Å²) < 4.78 is 31.9. The van der Waals surface area contributed by atoms with E-state index in [9.17, 15) is 8.42 Å². The van der Waals surface area contributed by atoms with Crippen molar-refractivity contribution < 1.29 is 13.0 Å². The van der Waals surface area contributed by atoms with Crippen molar-refractivity contribution in [3.8, 4) is 0 Å². The molecular formula is C7H4Br2N2O3S. The molecule has 0 bridgehead atoms. The number of halogens is 2. The number of rotatable bonds is 1. The fraction of sp³-hybridized carbons (Fsp3) is 0. The Labute approximate surface area is 102 Å². The molecule has 15 heavy (non-hydrogen) atoms. The van der Waals surface area contributed by atoms with Gasteiger partial charge < -0.3 is 4.98 Å². The third-order valence-electron chi connectivity index (χ3n) is 1.73. The van der Waals surface area contributed by atoms with Crippen LogP contribution in [-0.2, 0) is 10.1 Å². The minimum absolute atomic E-state index is 0.450. The van der Waals surface area contributed by atoms with Crippen LogP contribution in [0.5, 0.6) is 0 Å². The first-order valence-corrected chi connectivity index (χ1v) is 6.73. The lowest BCUT2D eigenvalue weighted by atomic mass is 10.3. The van der Waals surface area contributed by atoms with Gasteiger partial charge in [-0.15, -0.1) is 0 Å². The Kier molecular flexibility index (Phi) is 2.61. The maximum Gasteiger partial charge on any atom is 0.328 e. The normalized spacial score (nSPS) is 12.2. The number of fused-ring (bicyclic) bond motifs is 1. The molecule has 0 saturated heterocycles. The zero-order chi connectivity index (χ0) is 11.2. The molecule has 0 unspecified atom stereocenters. The predicted molar refractivity (Wildman–Crippen MR) is 61.3 cm³/mol. The number of nitrogens with one attached hydrogen (secondary N) is 1. The second-order valence-corrected chi connectivity index (χ2v) is 5.91. The van der Waals surface area contributed by atoms with Crippen molar-refractivity contribution >= 4 is 53.0 Å². The molecule has 8 heteroatoms. The molecular weight excluding hydrogens is 352 g/mol. The van der Waals surface area contributed by atoms with Gasteiger partial charge >= 0.3 is 10.1 Å². The summed E-state index contributed by atoms with van der Waals surface area (Å²) in [6.07, 6.45) is 0. The molecule has 0 atom stereocenters. The molecule has 0 amide bonds. The lowest BCUT2D eigenvalue weighted by Crippen LogP contribution is -1.99. The summed E-state index contributed by atoms with van der Waals surface area (Å²) in [6.45, 7) is 0. The van der Waals surface area contributed by atoms with E-state index in [2.05, 4.69) is 41.8 Å². The Balaban J connectivity index is 2.82. The van der Waals surface area contributed by atoms with Gasteiger partial charge in [0.1, 0.15) is 5.52 Å². The van der Waals surface area contributed by atoms with Gasteiger partial charge in [-0.2, -0.15) is 8.42 Å². The molecule has 80 valence electrons. The lowest BCUT2D eigenvalue weighted by Gasteiger charge is -1.93. The quantitative estimate of drug-likeness (QED) is 0.769. The van der Waals surface area contributed by atoms with Crippen molar-refractivity contribution in [1.82, 2.24) is 9.97 Å². The predicted octanol–water partition coefficient (Wildman–Crippen LogP) is 2.33. The van der Waals surface area contributed by atoms with E-state index < -0.39 is 15.3 Å². The first kappa shape index (κ1) is 11.1. The van der Waals surface area contributed by atoms with E-state index in [1.165, 1.54) is 0 Å². The molecule has 0 saturated carbocycles. The summed E-state index contributed by atoms with van der Waals surface area (Å²) in [7, 11) is -4.30. The Morgan fingerprint density at radius 2 is 2.00 bits per heavy atom. The van der Waals surface area contributed by atoms with Gasteiger partial charge in [0.25, 0.3) is 5.16 Å². The van der Waals surface area contributed by atoms with Crippen LogP contribution in [0.25, 0.3) is 11.0 Å². The van der Waals surface area contributed by atoms with Gasteiger partial charge in [0, 0.05) is 8.95 Å². The second-order valence-electron chi connectivity index (χ2n) is 2.80. The van der Waals surface area contributed by atoms with Crippen LogP contribution < -0.4 is 0 Å². The largest absolute Gasteiger partial charge is 0.328 e. The molecule has 0 aliphatic rings. The highest BCUT2D eigenvalue weighted by atomic mass is 79.9. The minimum atomic E-state index is -4.30. The van der Waals surface area contributed by atoms with Crippen LogP contribution in [-0.4, -0.2) is 22.9 Å². The Hall–Kier alpha value is -0.440. The average Bonchev–Trinajstić information content (AvgIpc) is 2.46. The molecule has 2 N–H and O–H groups in total. The number of nitrogens with zero attached hydrogens (tertiary/aromatic N) is 1. The molecule has 1 aromatic carbocycles. The number of aromatic amines is 1. The number of benzene rings is 1. The summed E-state index contributed by atoms with van der Waals surface area (Å²) in [4.78, 5) is 6.27. The lowest BCUT2D eigenvalue weighted by molar-refractivity contribution is 0.476. The highest BCUT2D eigenvalue weighted by Gasteiger charge is 2.16. The van der Waals surface area contributed by atoms with Gasteiger partial charge in [-0.3, -0.25) is 4.55 Å². The summed E-state index contributed by atoms with van der Waals surface area (Å²) in [5.74, 6) is 0. The Morgan fingerprint density at radius 1 is 1.33 bits per heavy atom. The van der Waals surface area contributed by atoms with E-state index in [0.717, 1.165) is 4.47 Å². The van der Waals surface area contributed by atoms with Gasteiger partial charge in [0.2, 0.25) is 0 Å². The highest BCUT2D eigenvalue weighted by Crippen LogP contribution is 2.27. The van der Waals surface area contributed by atoms with Crippen LogP contribution in [0.3, 0.4) is 0 Å². The van der Waals surface area contributed by atoms with Crippen molar-refractivity contribution in [2.24, 2.45) is 0 Å². The van der Waals surface area contributed by atoms with E-state index in [1.54, 1.807) is 12.1 Å². The second kappa shape index (κ2) is 3.55. The van der Waals surface area contributed by atoms with Gasteiger partial charge in [-0.1, -0.05) is 15.9 Å². The van der Waals surface area contributed by atoms with Crippen LogP contribution in [0.15, 0.2) is 26.2 Å². The van der Waals surface area contributed by atoms with Gasteiger partial charge in [0.05, 0.1) is 5.52 Å². The van der Waals surface area contributed by atoms with Crippen LogP contribution >= 0.6 is 31.9 Å². The number of hydrogen-bond donors (Lipinski definition) is 2. The van der Waals surface area contributed by atoms with Crippen molar-refractivity contribution in [3.05, 3.63) is 21.1 Å². The Morgan fingerprint density at radius 3 is 2.60 bits per heavy atom. The highest BCUT2D eigenvalue weighted by molar-refractivity contribution is 9.11. The van der Waals surface area contributed by atoms with Gasteiger partial charge in [-0.25, -0.2) is 4.98 Å². The van der Waals surface area contributed by atoms with Crippen LogP contribution in [0.1, 0.15) is 0 Å². The maximum atomic E-state index is 10.8. The van der Waals surface area contributed by atoms with Gasteiger partial charge in [-0.05, 0) is 28.1 Å². The number of imidazole rings is 1. The van der Waals surface area contributed by atoms with Crippen molar-refractivity contribution in [3.63, 3.8) is 0 Å². The van der Waals surface area contributed by atoms with Gasteiger partial charge in [0.15, 0.2) is 0 Å². The summed E-state index contributed by atoms with van der Waals surface area (Å²) >= 11 is 6.49. The van der Waals surface area contributed by atoms with E-state index >= 15 is 0 Å². The van der Waals surface area contributed by atoms with E-state index in [0.29, 0.717) is 15.5 Å². The zero-order valence-corrected chi connectivity index (χ0v) is 11.0. The average molecular weight is 356 g/mol. The molecule has 1 heterocycles. The summed E-state index contributed by atoms with van der Waals surface area (Å²) in [5.41, 5.74) is 0.967. The third-order valence-corrected chi connectivity index (χ3v) is 3.47. The molecule has 2 rings (SSSR count). The number of aromatic nitrogens is 2. The Bertz CT molecular complexity index is 635. The smallest absolute Gasteiger partial charge is 0.327 e. The monoisotopic (exact) mass is 354 g/mol. The first-order valence-electron chi connectivity index (χ1n) is 3.70. The van der Waals surface area contributed by atoms with E-state index in [4.69, 9.17) is 4.55 Å². The van der Waals surface area contributed by atoms with E-state index in [1.807, 2.05) is 0 Å². The SMILES string of the molecule is O=S(=O)(O)c1nc2c(Br)cc(Br)cc2[nH]1. The third kappa shape index (κ3) is 2.07. The van der Waals surface area contributed by atoms with Crippen LogP contribution in [0.4, 0.5) is 0 Å². The maximum absolute atomic E-state index is 10.8. The van der Waals surface area contributed by atoms with Crippen LogP contribution in [0.2, 0.25) is 0 Å². The zero-order valence-electron chi connectivity index (χ0n) is 7.03. The number of hydrogen-bond acceptors (Lipinski definition) is 3. The molecule has 0 spiro atoms. The first-order chi connectivity index (χ1) is 6.88. The topological polar surface area (TPSA) is 83.1 Å². The standard InChI is InChI=1S/C7H4Br2N2O3S/c8-3-1-4(9)6-5(2-3)10-7(11-6)15(12,13)14/h1-2H,(H,10,11)(H,12,13,14). The summed E-state index contributed by atoms with van der Waals surface area (Å²) in [5, 5.41) is -0.462. The molecule has 1 aromatic heterocycles. The van der Waals surface area contributed by atoms with Crippen LogP contribution in [0, 0.1) is 0 Å². The molecule has 0 fully saturated rings. The summed E-state index contributed by atoms with van der Waals surface area (Å²) in [6, 6.07) is 3.40. The molecule has 5 nitrogen and oxygen atoms in total. The molecule has 0 aliphatic carbocycles. The van der Waals surface area contributed by atoms with Crippen molar-refractivity contribution in [2.75, 3.05) is 0 Å². The van der Waals surface area contributed by atoms with Crippen molar-refractivity contribution in [1.29, 1.82) is 0 Å². The minimum Gasteiger partial charge on any atom is -0.327 e.